The maximum absolute atomic E-state index is 2.16. The number of nitrogens with zero attached hydrogens (tertiary/aromatic N) is 1. The van der Waals surface area contributed by atoms with E-state index in [1.165, 1.54) is 5.56 Å². The molecule has 0 saturated heterocycles. The Kier molecular flexibility index (Phi) is 4.37. The molecule has 1 aromatic carbocycles. The molecule has 2 rings (SSSR count). The zero-order chi connectivity index (χ0) is 8.93. The molecule has 0 N–H and O–H groups in total. The van der Waals surface area contributed by atoms with Crippen molar-refractivity contribution in [3.05, 3.63) is 66.5 Å². The van der Waals surface area contributed by atoms with Gasteiger partial charge in [0.1, 0.15) is 0 Å². The van der Waals surface area contributed by atoms with Crippen molar-refractivity contribution in [2.24, 2.45) is 0 Å². The fraction of sp³-hybridized carbons (Fsp3) is 0.0833. The third-order valence-electron chi connectivity index (χ3n) is 1.99. The Bertz CT molecular complexity index is 321. The van der Waals surface area contributed by atoms with E-state index in [0.29, 0.717) is 0 Å². The molecule has 75 valence electrons. The number of aromatic nitrogens is 1. The Labute approximate surface area is 94.9 Å². The predicted octanol–water partition coefficient (Wildman–Crippen LogP) is 2.02. The van der Waals surface area contributed by atoms with Crippen molar-refractivity contribution in [2.45, 2.75) is 6.54 Å². The van der Waals surface area contributed by atoms with Gasteiger partial charge in [-0.1, -0.05) is 36.4 Å². The molecular weight excluding hydrogens is 222 g/mol. The third kappa shape index (κ3) is 2.98. The second kappa shape index (κ2) is 5.58. The van der Waals surface area contributed by atoms with Gasteiger partial charge in [-0.15, -0.1) is 0 Å². The number of hydrogen-bond donors (Lipinski definition) is 0. The topological polar surface area (TPSA) is 3.88 Å². The van der Waals surface area contributed by atoms with Crippen molar-refractivity contribution in [3.8, 4) is 0 Å². The molecule has 2 heteroatoms. The van der Waals surface area contributed by atoms with E-state index in [0.717, 1.165) is 6.54 Å². The molecule has 0 aliphatic rings. The van der Waals surface area contributed by atoms with E-state index in [2.05, 4.69) is 41.2 Å². The maximum Gasteiger partial charge on any atom is 0.173 e. The van der Waals surface area contributed by atoms with Gasteiger partial charge in [-0.25, -0.2) is 4.57 Å². The summed E-state index contributed by atoms with van der Waals surface area (Å²) < 4.78 is 2.16. The first-order valence-corrected chi connectivity index (χ1v) is 4.43. The molecule has 0 spiro atoms. The molecule has 0 unspecified atom stereocenters. The molecular formula is C12H12CuN+. The summed E-state index contributed by atoms with van der Waals surface area (Å²) >= 11 is 0. The van der Waals surface area contributed by atoms with Gasteiger partial charge in [0.05, 0.1) is 0 Å². The van der Waals surface area contributed by atoms with Gasteiger partial charge in [0.25, 0.3) is 0 Å². The average Bonchev–Trinajstić information content (AvgIpc) is 2.21. The maximum atomic E-state index is 2.16. The second-order valence-electron chi connectivity index (χ2n) is 3.03. The number of hydrogen-bond acceptors (Lipinski definition) is 0. The fourth-order valence-corrected chi connectivity index (χ4v) is 1.33. The van der Waals surface area contributed by atoms with Gasteiger partial charge in [-0.05, 0) is 0 Å². The van der Waals surface area contributed by atoms with E-state index < -0.39 is 0 Å². The molecule has 1 radical (unpaired) electrons. The molecule has 1 aromatic heterocycles. The minimum absolute atomic E-state index is 0. The summed E-state index contributed by atoms with van der Waals surface area (Å²) in [6.45, 7) is 0.946. The molecule has 0 aliphatic heterocycles. The van der Waals surface area contributed by atoms with Crippen molar-refractivity contribution >= 4 is 0 Å². The summed E-state index contributed by atoms with van der Waals surface area (Å²) in [4.78, 5) is 0. The van der Waals surface area contributed by atoms with E-state index in [9.17, 15) is 0 Å². The summed E-state index contributed by atoms with van der Waals surface area (Å²) in [6, 6.07) is 16.6. The van der Waals surface area contributed by atoms with Gasteiger partial charge in [-0.2, -0.15) is 0 Å². The van der Waals surface area contributed by atoms with Gasteiger partial charge in [0.15, 0.2) is 18.9 Å². The zero-order valence-corrected chi connectivity index (χ0v) is 8.67. The van der Waals surface area contributed by atoms with Crippen LogP contribution in [-0.2, 0) is 23.6 Å². The Hall–Kier alpha value is -1.11. The quantitative estimate of drug-likeness (QED) is 0.552. The first-order valence-electron chi connectivity index (χ1n) is 4.43. The van der Waals surface area contributed by atoms with Gasteiger partial charge < -0.3 is 0 Å². The van der Waals surface area contributed by atoms with E-state index >= 15 is 0 Å². The van der Waals surface area contributed by atoms with E-state index in [4.69, 9.17) is 0 Å². The number of rotatable bonds is 2. The van der Waals surface area contributed by atoms with Crippen LogP contribution in [0.5, 0.6) is 0 Å². The normalized spacial score (nSPS) is 9.14. The van der Waals surface area contributed by atoms with Crippen molar-refractivity contribution in [2.75, 3.05) is 0 Å². The minimum atomic E-state index is 0. The molecule has 0 amide bonds. The average molecular weight is 234 g/mol. The zero-order valence-electron chi connectivity index (χ0n) is 7.73. The summed E-state index contributed by atoms with van der Waals surface area (Å²) in [6.07, 6.45) is 4.15. The molecule has 1 nitrogen and oxygen atoms in total. The van der Waals surface area contributed by atoms with Crippen molar-refractivity contribution in [1.82, 2.24) is 0 Å². The van der Waals surface area contributed by atoms with Crippen LogP contribution in [0.15, 0.2) is 60.9 Å². The Balaban J connectivity index is 0.000000980. The monoisotopic (exact) mass is 233 g/mol. The summed E-state index contributed by atoms with van der Waals surface area (Å²) in [5.74, 6) is 0. The molecule has 14 heavy (non-hydrogen) atoms. The largest absolute Gasteiger partial charge is 0.201 e. The van der Waals surface area contributed by atoms with Gasteiger partial charge in [0, 0.05) is 34.8 Å². The van der Waals surface area contributed by atoms with E-state index in [1.54, 1.807) is 0 Å². The van der Waals surface area contributed by atoms with Crippen LogP contribution in [0.2, 0.25) is 0 Å². The fourth-order valence-electron chi connectivity index (χ4n) is 1.33. The summed E-state index contributed by atoms with van der Waals surface area (Å²) in [5, 5.41) is 0. The first kappa shape index (κ1) is 11.0. The predicted molar refractivity (Wildman–Crippen MR) is 52.2 cm³/mol. The summed E-state index contributed by atoms with van der Waals surface area (Å²) in [7, 11) is 0. The smallest absolute Gasteiger partial charge is 0.173 e. The van der Waals surface area contributed by atoms with Crippen molar-refractivity contribution in [1.29, 1.82) is 0 Å². The molecule has 0 aliphatic carbocycles. The molecule has 2 aromatic rings. The molecule has 0 bridgehead atoms. The van der Waals surface area contributed by atoms with Crippen LogP contribution in [0.1, 0.15) is 5.56 Å². The van der Waals surface area contributed by atoms with E-state index in [1.807, 2.05) is 24.3 Å². The van der Waals surface area contributed by atoms with Gasteiger partial charge in [-0.3, -0.25) is 0 Å². The van der Waals surface area contributed by atoms with Crippen LogP contribution in [0.25, 0.3) is 0 Å². The third-order valence-corrected chi connectivity index (χ3v) is 1.99. The van der Waals surface area contributed by atoms with Crippen LogP contribution in [0.3, 0.4) is 0 Å². The van der Waals surface area contributed by atoms with Crippen LogP contribution in [0, 0.1) is 0 Å². The van der Waals surface area contributed by atoms with Crippen molar-refractivity contribution < 1.29 is 21.6 Å². The molecule has 0 fully saturated rings. The Morgan fingerprint density at radius 1 is 0.786 bits per heavy atom. The van der Waals surface area contributed by atoms with Crippen molar-refractivity contribution in [3.63, 3.8) is 0 Å². The standard InChI is InChI=1S/C12H12N.Cu/c1-3-7-12(8-4-1)11-13-9-5-2-6-10-13;/h1-10H,11H2;/q+1;. The van der Waals surface area contributed by atoms with E-state index in [-0.39, 0.29) is 17.1 Å². The van der Waals surface area contributed by atoms with Crippen LogP contribution in [0.4, 0.5) is 0 Å². The minimum Gasteiger partial charge on any atom is -0.201 e. The molecule has 0 saturated carbocycles. The Morgan fingerprint density at radius 2 is 1.36 bits per heavy atom. The SMILES string of the molecule is [Cu].c1ccc(C[n+]2ccccc2)cc1. The number of pyridine rings is 1. The molecule has 0 atom stereocenters. The van der Waals surface area contributed by atoms with Gasteiger partial charge in [0.2, 0.25) is 0 Å². The van der Waals surface area contributed by atoms with Crippen LogP contribution >= 0.6 is 0 Å². The van der Waals surface area contributed by atoms with Gasteiger partial charge >= 0.3 is 0 Å². The van der Waals surface area contributed by atoms with Crippen LogP contribution < -0.4 is 4.57 Å². The summed E-state index contributed by atoms with van der Waals surface area (Å²) in [5.41, 5.74) is 1.33. The molecule has 1 heterocycles. The Morgan fingerprint density at radius 3 is 2.00 bits per heavy atom. The first-order chi connectivity index (χ1) is 6.45. The van der Waals surface area contributed by atoms with Crippen LogP contribution in [-0.4, -0.2) is 0 Å². The second-order valence-corrected chi connectivity index (χ2v) is 3.03. The number of benzene rings is 1.